The maximum atomic E-state index is 5.84. The Bertz CT molecular complexity index is 758. The molecule has 94 valence electrons. The molecule has 3 rings (SSSR count). The van der Waals surface area contributed by atoms with Gasteiger partial charge in [-0.05, 0) is 29.4 Å². The third-order valence-corrected chi connectivity index (χ3v) is 3.22. The second kappa shape index (κ2) is 4.70. The molecule has 0 saturated carbocycles. The molecular weight excluding hydrogens is 256 g/mol. The number of hydrogen-bond donors (Lipinski definition) is 2. The van der Waals surface area contributed by atoms with E-state index in [-0.39, 0.29) is 0 Å². The Labute approximate surface area is 115 Å². The first-order valence-electron chi connectivity index (χ1n) is 5.84. The molecule has 3 aromatic rings. The van der Waals surface area contributed by atoms with Crippen molar-refractivity contribution in [1.82, 2.24) is 14.9 Å². The summed E-state index contributed by atoms with van der Waals surface area (Å²) in [5.41, 5.74) is 3.20. The van der Waals surface area contributed by atoms with Gasteiger partial charge in [0.05, 0.1) is 0 Å². The van der Waals surface area contributed by atoms with Crippen LogP contribution in [0.1, 0.15) is 0 Å². The van der Waals surface area contributed by atoms with E-state index in [2.05, 4.69) is 28.4 Å². The largest absolute Gasteiger partial charge is 0.335 e. The van der Waals surface area contributed by atoms with Crippen LogP contribution in [0.5, 0.6) is 0 Å². The summed E-state index contributed by atoms with van der Waals surface area (Å²) in [6.07, 6.45) is 0. The highest BCUT2D eigenvalue weighted by atomic mass is 32.1. The zero-order chi connectivity index (χ0) is 13.2. The number of rotatable bonds is 2. The number of H-pyrrole nitrogens is 1. The Kier molecular flexibility index (Phi) is 2.89. The topological polar surface area (TPSA) is 59.6 Å². The molecule has 0 aliphatic carbocycles. The molecule has 19 heavy (non-hydrogen) atoms. The quantitative estimate of drug-likeness (QED) is 0.555. The fraction of sp³-hybridized carbons (Fsp3) is 0. The number of benzene rings is 2. The number of nitrogens with two attached hydrogens (primary N) is 1. The van der Waals surface area contributed by atoms with Crippen molar-refractivity contribution in [1.29, 1.82) is 0 Å². The molecule has 1 heterocycles. The van der Waals surface area contributed by atoms with E-state index in [9.17, 15) is 0 Å². The van der Waals surface area contributed by atoms with E-state index in [0.717, 1.165) is 16.7 Å². The monoisotopic (exact) mass is 268 g/mol. The Morgan fingerprint density at radius 3 is 2.32 bits per heavy atom. The summed E-state index contributed by atoms with van der Waals surface area (Å²) in [7, 11) is 0. The first-order valence-corrected chi connectivity index (χ1v) is 6.25. The second-order valence-electron chi connectivity index (χ2n) is 4.17. The highest BCUT2D eigenvalue weighted by Crippen LogP contribution is 2.24. The van der Waals surface area contributed by atoms with Crippen LogP contribution in [-0.4, -0.2) is 14.9 Å². The van der Waals surface area contributed by atoms with Crippen molar-refractivity contribution < 1.29 is 0 Å². The molecule has 0 radical (unpaired) electrons. The molecule has 0 bridgehead atoms. The molecular formula is C14H12N4S. The Balaban J connectivity index is 2.11. The molecule has 0 fully saturated rings. The van der Waals surface area contributed by atoms with Crippen molar-refractivity contribution in [2.24, 2.45) is 0 Å². The van der Waals surface area contributed by atoms with Gasteiger partial charge in [0.2, 0.25) is 4.77 Å². The standard InChI is InChI=1S/C14H12N4S/c15-18-13(16-17-14(18)19)12-8-4-7-11(9-12)10-5-2-1-3-6-10/h1-9H,15H2,(H,17,19). The molecule has 0 atom stereocenters. The molecule has 3 N–H and O–H groups in total. The molecule has 0 aliphatic heterocycles. The van der Waals surface area contributed by atoms with Gasteiger partial charge in [-0.15, -0.1) is 0 Å². The van der Waals surface area contributed by atoms with Crippen LogP contribution in [-0.2, 0) is 0 Å². The predicted molar refractivity (Wildman–Crippen MR) is 78.4 cm³/mol. The van der Waals surface area contributed by atoms with E-state index in [1.807, 2.05) is 36.4 Å². The van der Waals surface area contributed by atoms with E-state index in [1.54, 1.807) is 0 Å². The first-order chi connectivity index (χ1) is 9.25. The Morgan fingerprint density at radius 1 is 0.947 bits per heavy atom. The maximum absolute atomic E-state index is 5.84. The molecule has 4 nitrogen and oxygen atoms in total. The zero-order valence-corrected chi connectivity index (χ0v) is 10.9. The van der Waals surface area contributed by atoms with Gasteiger partial charge in [-0.1, -0.05) is 48.5 Å². The van der Waals surface area contributed by atoms with Gasteiger partial charge >= 0.3 is 0 Å². The lowest BCUT2D eigenvalue weighted by atomic mass is 10.0. The van der Waals surface area contributed by atoms with E-state index >= 15 is 0 Å². The third-order valence-electron chi connectivity index (χ3n) is 2.93. The number of nitrogens with one attached hydrogen (secondary N) is 1. The normalized spacial score (nSPS) is 10.5. The van der Waals surface area contributed by atoms with Crippen molar-refractivity contribution in [3.63, 3.8) is 0 Å². The van der Waals surface area contributed by atoms with E-state index < -0.39 is 0 Å². The Morgan fingerprint density at radius 2 is 1.63 bits per heavy atom. The van der Waals surface area contributed by atoms with Crippen LogP contribution in [0.3, 0.4) is 0 Å². The van der Waals surface area contributed by atoms with Gasteiger partial charge in [0.25, 0.3) is 0 Å². The fourth-order valence-corrected chi connectivity index (χ4v) is 2.11. The van der Waals surface area contributed by atoms with Crippen molar-refractivity contribution in [3.05, 3.63) is 59.4 Å². The lowest BCUT2D eigenvalue weighted by molar-refractivity contribution is 0.984. The number of aromatic amines is 1. The van der Waals surface area contributed by atoms with E-state index in [1.165, 1.54) is 4.68 Å². The smallest absolute Gasteiger partial charge is 0.214 e. The van der Waals surface area contributed by atoms with Crippen LogP contribution in [0.4, 0.5) is 0 Å². The van der Waals surface area contributed by atoms with Gasteiger partial charge in [0, 0.05) is 5.56 Å². The highest BCUT2D eigenvalue weighted by Gasteiger charge is 2.07. The van der Waals surface area contributed by atoms with Crippen LogP contribution in [0.25, 0.3) is 22.5 Å². The van der Waals surface area contributed by atoms with Crippen molar-refractivity contribution >= 4 is 12.2 Å². The maximum Gasteiger partial charge on any atom is 0.214 e. The van der Waals surface area contributed by atoms with E-state index in [4.69, 9.17) is 18.1 Å². The van der Waals surface area contributed by atoms with Crippen LogP contribution < -0.4 is 5.84 Å². The van der Waals surface area contributed by atoms with Crippen molar-refractivity contribution in [2.45, 2.75) is 0 Å². The van der Waals surface area contributed by atoms with Gasteiger partial charge in [0.1, 0.15) is 0 Å². The lowest BCUT2D eigenvalue weighted by Crippen LogP contribution is -2.09. The minimum Gasteiger partial charge on any atom is -0.335 e. The van der Waals surface area contributed by atoms with Crippen LogP contribution in [0.15, 0.2) is 54.6 Å². The number of nitrogen functional groups attached to an aromatic ring is 1. The average Bonchev–Trinajstić information content (AvgIpc) is 2.80. The fourth-order valence-electron chi connectivity index (χ4n) is 1.98. The Hall–Kier alpha value is -2.40. The van der Waals surface area contributed by atoms with Gasteiger partial charge in [-0.25, -0.2) is 9.77 Å². The van der Waals surface area contributed by atoms with Crippen molar-refractivity contribution in [3.8, 4) is 22.5 Å². The molecule has 1 aromatic heterocycles. The highest BCUT2D eigenvalue weighted by molar-refractivity contribution is 7.71. The first kappa shape index (κ1) is 11.7. The van der Waals surface area contributed by atoms with Gasteiger partial charge in [-0.2, -0.15) is 5.10 Å². The summed E-state index contributed by atoms with van der Waals surface area (Å²) in [5.74, 6) is 6.47. The molecule has 0 spiro atoms. The second-order valence-corrected chi connectivity index (χ2v) is 4.56. The summed E-state index contributed by atoms with van der Waals surface area (Å²) in [4.78, 5) is 0. The summed E-state index contributed by atoms with van der Waals surface area (Å²) in [5, 5.41) is 6.83. The summed E-state index contributed by atoms with van der Waals surface area (Å²) in [6.45, 7) is 0. The molecule has 2 aromatic carbocycles. The molecule has 0 amide bonds. The van der Waals surface area contributed by atoms with Crippen LogP contribution >= 0.6 is 12.2 Å². The zero-order valence-electron chi connectivity index (χ0n) is 10.1. The number of nitrogens with zero attached hydrogens (tertiary/aromatic N) is 2. The summed E-state index contributed by atoms with van der Waals surface area (Å²) in [6, 6.07) is 18.2. The van der Waals surface area contributed by atoms with E-state index in [0.29, 0.717) is 10.6 Å². The SMILES string of the molecule is Nn1c(-c2cccc(-c3ccccc3)c2)n[nH]c1=S. The molecule has 0 aliphatic rings. The molecule has 5 heteroatoms. The third kappa shape index (κ3) is 2.15. The van der Waals surface area contributed by atoms with Gasteiger partial charge in [0.15, 0.2) is 5.82 Å². The minimum absolute atomic E-state index is 0.403. The molecule has 0 unspecified atom stereocenters. The number of hydrogen-bond acceptors (Lipinski definition) is 3. The average molecular weight is 268 g/mol. The number of aromatic nitrogens is 3. The van der Waals surface area contributed by atoms with Crippen LogP contribution in [0.2, 0.25) is 0 Å². The minimum atomic E-state index is 0.403. The van der Waals surface area contributed by atoms with Crippen LogP contribution in [0, 0.1) is 4.77 Å². The summed E-state index contributed by atoms with van der Waals surface area (Å²) < 4.78 is 1.78. The predicted octanol–water partition coefficient (Wildman–Crippen LogP) is 2.99. The molecule has 0 saturated heterocycles. The van der Waals surface area contributed by atoms with Gasteiger partial charge < -0.3 is 5.84 Å². The van der Waals surface area contributed by atoms with Crippen molar-refractivity contribution in [2.75, 3.05) is 5.84 Å². The van der Waals surface area contributed by atoms with Gasteiger partial charge in [-0.3, -0.25) is 0 Å². The lowest BCUT2D eigenvalue weighted by Gasteiger charge is -2.05. The summed E-state index contributed by atoms with van der Waals surface area (Å²) >= 11 is 5.02.